The number of ether oxygens (including phenoxy) is 1. The van der Waals surface area contributed by atoms with E-state index in [-0.39, 0.29) is 6.04 Å². The summed E-state index contributed by atoms with van der Waals surface area (Å²) in [6, 6.07) is 4.28. The summed E-state index contributed by atoms with van der Waals surface area (Å²) in [7, 11) is 0. The molecule has 1 fully saturated rings. The Balaban J connectivity index is 1.89. The van der Waals surface area contributed by atoms with Crippen molar-refractivity contribution in [3.63, 3.8) is 0 Å². The fraction of sp³-hybridized carbons (Fsp3) is 0.615. The molecule has 94 valence electrons. The van der Waals surface area contributed by atoms with E-state index < -0.39 is 0 Å². The number of pyridine rings is 1. The van der Waals surface area contributed by atoms with Crippen molar-refractivity contribution in [2.45, 2.75) is 44.8 Å². The number of hydrazine groups is 1. The minimum Gasteiger partial charge on any atom is -0.378 e. The number of rotatable bonds is 5. The second-order valence-corrected chi connectivity index (χ2v) is 4.66. The summed E-state index contributed by atoms with van der Waals surface area (Å²) in [4.78, 5) is 4.30. The molecule has 4 heteroatoms. The summed E-state index contributed by atoms with van der Waals surface area (Å²) in [5.74, 6) is 5.61. The summed E-state index contributed by atoms with van der Waals surface area (Å²) in [6.45, 7) is 2.90. The average molecular weight is 235 g/mol. The lowest BCUT2D eigenvalue weighted by molar-refractivity contribution is 0.0996. The van der Waals surface area contributed by atoms with Crippen molar-refractivity contribution in [1.29, 1.82) is 0 Å². The second kappa shape index (κ2) is 6.10. The summed E-state index contributed by atoms with van der Waals surface area (Å²) in [5.41, 5.74) is 5.05. The Labute approximate surface area is 103 Å². The summed E-state index contributed by atoms with van der Waals surface area (Å²) < 4.78 is 5.62. The highest BCUT2D eigenvalue weighted by atomic mass is 16.5. The standard InChI is InChI=1S/C13H21N3O/c1-10-4-5-11(9-15-10)13(16-14)7-6-12-3-2-8-17-12/h4-5,9,12-13,16H,2-3,6-8,14H2,1H3. The number of nitrogens with two attached hydrogens (primary N) is 1. The first kappa shape index (κ1) is 12.5. The maximum Gasteiger partial charge on any atom is 0.0576 e. The second-order valence-electron chi connectivity index (χ2n) is 4.66. The number of nitrogens with one attached hydrogen (secondary N) is 1. The molecule has 0 saturated carbocycles. The fourth-order valence-electron chi connectivity index (χ4n) is 2.26. The molecular formula is C13H21N3O. The van der Waals surface area contributed by atoms with Gasteiger partial charge in [0.1, 0.15) is 0 Å². The highest BCUT2D eigenvalue weighted by molar-refractivity contribution is 5.16. The molecule has 0 spiro atoms. The molecule has 0 radical (unpaired) electrons. The van der Waals surface area contributed by atoms with Crippen molar-refractivity contribution >= 4 is 0 Å². The molecule has 2 atom stereocenters. The molecule has 1 aromatic rings. The van der Waals surface area contributed by atoms with E-state index in [1.807, 2.05) is 19.2 Å². The van der Waals surface area contributed by atoms with Crippen LogP contribution in [0.3, 0.4) is 0 Å². The monoisotopic (exact) mass is 235 g/mol. The van der Waals surface area contributed by atoms with Gasteiger partial charge in [-0.1, -0.05) is 6.07 Å². The molecule has 1 aromatic heterocycles. The largest absolute Gasteiger partial charge is 0.378 e. The van der Waals surface area contributed by atoms with Crippen LogP contribution >= 0.6 is 0 Å². The van der Waals surface area contributed by atoms with Gasteiger partial charge in [0.15, 0.2) is 0 Å². The minimum absolute atomic E-state index is 0.173. The van der Waals surface area contributed by atoms with E-state index in [0.29, 0.717) is 6.10 Å². The molecule has 2 unspecified atom stereocenters. The molecule has 3 N–H and O–H groups in total. The van der Waals surface area contributed by atoms with Gasteiger partial charge in [0.25, 0.3) is 0 Å². The van der Waals surface area contributed by atoms with E-state index in [1.165, 1.54) is 12.8 Å². The molecule has 1 aliphatic heterocycles. The predicted octanol–water partition coefficient (Wildman–Crippen LogP) is 1.85. The number of hydrogen-bond acceptors (Lipinski definition) is 4. The van der Waals surface area contributed by atoms with E-state index in [1.54, 1.807) is 0 Å². The average Bonchev–Trinajstić information content (AvgIpc) is 2.85. The zero-order valence-electron chi connectivity index (χ0n) is 10.4. The van der Waals surface area contributed by atoms with Crippen LogP contribution in [-0.2, 0) is 4.74 Å². The molecule has 0 amide bonds. The first-order chi connectivity index (χ1) is 8.29. The van der Waals surface area contributed by atoms with Gasteiger partial charge in [-0.15, -0.1) is 0 Å². The van der Waals surface area contributed by atoms with Crippen LogP contribution < -0.4 is 11.3 Å². The van der Waals surface area contributed by atoms with Crippen LogP contribution in [0.25, 0.3) is 0 Å². The van der Waals surface area contributed by atoms with Gasteiger partial charge in [0, 0.05) is 24.5 Å². The van der Waals surface area contributed by atoms with Gasteiger partial charge in [0.2, 0.25) is 0 Å². The highest BCUT2D eigenvalue weighted by Gasteiger charge is 2.18. The van der Waals surface area contributed by atoms with E-state index in [9.17, 15) is 0 Å². The molecule has 4 nitrogen and oxygen atoms in total. The van der Waals surface area contributed by atoms with Crippen molar-refractivity contribution in [3.8, 4) is 0 Å². The van der Waals surface area contributed by atoms with Crippen molar-refractivity contribution in [2.24, 2.45) is 5.84 Å². The number of nitrogens with zero attached hydrogens (tertiary/aromatic N) is 1. The van der Waals surface area contributed by atoms with Crippen molar-refractivity contribution < 1.29 is 4.74 Å². The van der Waals surface area contributed by atoms with Crippen LogP contribution in [0, 0.1) is 6.92 Å². The SMILES string of the molecule is Cc1ccc(C(CCC2CCCO2)NN)cn1. The smallest absolute Gasteiger partial charge is 0.0576 e. The Morgan fingerprint density at radius 2 is 2.47 bits per heavy atom. The zero-order valence-corrected chi connectivity index (χ0v) is 10.4. The molecular weight excluding hydrogens is 214 g/mol. The fourth-order valence-corrected chi connectivity index (χ4v) is 2.26. The lowest BCUT2D eigenvalue weighted by Crippen LogP contribution is -2.29. The quantitative estimate of drug-likeness (QED) is 0.604. The Bertz CT molecular complexity index is 333. The normalized spacial score (nSPS) is 21.6. The van der Waals surface area contributed by atoms with Crippen LogP contribution in [-0.4, -0.2) is 17.7 Å². The molecule has 1 saturated heterocycles. The van der Waals surface area contributed by atoms with E-state index >= 15 is 0 Å². The van der Waals surface area contributed by atoms with E-state index in [2.05, 4.69) is 16.5 Å². The third kappa shape index (κ3) is 3.49. The maximum absolute atomic E-state index is 5.62. The number of aromatic nitrogens is 1. The molecule has 0 aromatic carbocycles. The van der Waals surface area contributed by atoms with Gasteiger partial charge >= 0.3 is 0 Å². The van der Waals surface area contributed by atoms with E-state index in [4.69, 9.17) is 10.6 Å². The number of hydrogen-bond donors (Lipinski definition) is 2. The van der Waals surface area contributed by atoms with Crippen molar-refractivity contribution in [3.05, 3.63) is 29.6 Å². The van der Waals surface area contributed by atoms with Crippen LogP contribution in [0.15, 0.2) is 18.3 Å². The van der Waals surface area contributed by atoms with Crippen LogP contribution in [0.1, 0.15) is 43.0 Å². The van der Waals surface area contributed by atoms with Crippen molar-refractivity contribution in [1.82, 2.24) is 10.4 Å². The van der Waals surface area contributed by atoms with Gasteiger partial charge in [-0.3, -0.25) is 16.3 Å². The summed E-state index contributed by atoms with van der Waals surface area (Å²) >= 11 is 0. The Kier molecular flexibility index (Phi) is 4.48. The lowest BCUT2D eigenvalue weighted by Gasteiger charge is -2.18. The van der Waals surface area contributed by atoms with Gasteiger partial charge in [0.05, 0.1) is 6.10 Å². The predicted molar refractivity (Wildman–Crippen MR) is 67.2 cm³/mol. The molecule has 0 aliphatic carbocycles. The van der Waals surface area contributed by atoms with Gasteiger partial charge in [-0.2, -0.15) is 0 Å². The van der Waals surface area contributed by atoms with Gasteiger partial charge in [-0.05, 0) is 44.2 Å². The zero-order chi connectivity index (χ0) is 12.1. The van der Waals surface area contributed by atoms with Gasteiger partial charge < -0.3 is 4.74 Å². The first-order valence-corrected chi connectivity index (χ1v) is 6.30. The maximum atomic E-state index is 5.62. The van der Waals surface area contributed by atoms with Crippen molar-refractivity contribution in [2.75, 3.05) is 6.61 Å². The van der Waals surface area contributed by atoms with Crippen LogP contribution in [0.5, 0.6) is 0 Å². The number of aryl methyl sites for hydroxylation is 1. The topological polar surface area (TPSA) is 60.2 Å². The van der Waals surface area contributed by atoms with Crippen LogP contribution in [0.2, 0.25) is 0 Å². The van der Waals surface area contributed by atoms with Gasteiger partial charge in [-0.25, -0.2) is 0 Å². The molecule has 0 bridgehead atoms. The molecule has 2 rings (SSSR count). The molecule has 1 aliphatic rings. The third-order valence-corrected chi connectivity index (χ3v) is 3.34. The Morgan fingerprint density at radius 3 is 3.06 bits per heavy atom. The molecule has 17 heavy (non-hydrogen) atoms. The minimum atomic E-state index is 0.173. The summed E-state index contributed by atoms with van der Waals surface area (Å²) in [5, 5.41) is 0. The molecule has 2 heterocycles. The first-order valence-electron chi connectivity index (χ1n) is 6.30. The third-order valence-electron chi connectivity index (χ3n) is 3.34. The Morgan fingerprint density at radius 1 is 1.59 bits per heavy atom. The van der Waals surface area contributed by atoms with Crippen LogP contribution in [0.4, 0.5) is 0 Å². The van der Waals surface area contributed by atoms with E-state index in [0.717, 1.165) is 30.7 Å². The Hall–Kier alpha value is -0.970. The highest BCUT2D eigenvalue weighted by Crippen LogP contribution is 2.23. The summed E-state index contributed by atoms with van der Waals surface area (Å²) in [6.07, 6.45) is 6.74. The lowest BCUT2D eigenvalue weighted by atomic mass is 10.0.